The van der Waals surface area contributed by atoms with Gasteiger partial charge in [0.1, 0.15) is 17.5 Å². The van der Waals surface area contributed by atoms with E-state index in [4.69, 9.17) is 9.47 Å². The van der Waals surface area contributed by atoms with E-state index in [0.29, 0.717) is 29.3 Å². The molecular weight excluding hydrogens is 382 g/mol. The molecule has 0 bridgehead atoms. The van der Waals surface area contributed by atoms with Crippen molar-refractivity contribution in [2.75, 3.05) is 19.5 Å². The van der Waals surface area contributed by atoms with Crippen molar-refractivity contribution >= 4 is 11.6 Å². The van der Waals surface area contributed by atoms with Crippen LogP contribution in [0.2, 0.25) is 0 Å². The summed E-state index contributed by atoms with van der Waals surface area (Å²) in [5.41, 5.74) is 2.75. The molecule has 0 saturated carbocycles. The van der Waals surface area contributed by atoms with E-state index in [1.165, 1.54) is 17.9 Å². The molecule has 156 valence electrons. The quantitative estimate of drug-likeness (QED) is 0.644. The Morgan fingerprint density at radius 2 is 1.80 bits per heavy atom. The largest absolute Gasteiger partial charge is 0.497 e. The van der Waals surface area contributed by atoms with Crippen molar-refractivity contribution in [2.24, 2.45) is 0 Å². The fourth-order valence-corrected chi connectivity index (χ4v) is 3.12. The molecule has 0 aliphatic rings. The van der Waals surface area contributed by atoms with Crippen LogP contribution in [0.3, 0.4) is 0 Å². The van der Waals surface area contributed by atoms with Crippen molar-refractivity contribution in [1.29, 1.82) is 0 Å². The molecule has 0 spiro atoms. The maximum atomic E-state index is 13.0. The molecule has 0 radical (unpaired) electrons. The first kappa shape index (κ1) is 21.1. The molecular formula is C23H25N3O4. The summed E-state index contributed by atoms with van der Waals surface area (Å²) in [7, 11) is 3.06. The number of benzene rings is 2. The maximum Gasteiger partial charge on any atom is 0.267 e. The first-order chi connectivity index (χ1) is 14.5. The second kappa shape index (κ2) is 9.26. The van der Waals surface area contributed by atoms with Gasteiger partial charge >= 0.3 is 0 Å². The molecule has 3 rings (SSSR count). The number of aromatic nitrogens is 2. The van der Waals surface area contributed by atoms with Crippen LogP contribution in [0.1, 0.15) is 24.9 Å². The van der Waals surface area contributed by atoms with Crippen molar-refractivity contribution in [3.05, 3.63) is 70.5 Å². The molecule has 0 aliphatic carbocycles. The van der Waals surface area contributed by atoms with Crippen molar-refractivity contribution in [2.45, 2.75) is 26.3 Å². The summed E-state index contributed by atoms with van der Waals surface area (Å²) in [6.45, 7) is 3.84. The highest BCUT2D eigenvalue weighted by Gasteiger charge is 2.23. The number of ether oxygens (including phenoxy) is 2. The lowest BCUT2D eigenvalue weighted by atomic mass is 10.1. The Morgan fingerprint density at radius 1 is 1.07 bits per heavy atom. The van der Waals surface area contributed by atoms with Gasteiger partial charge in [-0.2, -0.15) is 5.10 Å². The van der Waals surface area contributed by atoms with Gasteiger partial charge in [-0.15, -0.1) is 0 Å². The van der Waals surface area contributed by atoms with E-state index < -0.39 is 6.04 Å². The summed E-state index contributed by atoms with van der Waals surface area (Å²) < 4.78 is 11.8. The lowest BCUT2D eigenvalue weighted by Gasteiger charge is -2.19. The Bertz CT molecular complexity index is 1090. The molecule has 0 unspecified atom stereocenters. The van der Waals surface area contributed by atoms with E-state index >= 15 is 0 Å². The highest BCUT2D eigenvalue weighted by molar-refractivity contribution is 5.95. The van der Waals surface area contributed by atoms with Crippen molar-refractivity contribution in [3.63, 3.8) is 0 Å². The van der Waals surface area contributed by atoms with Crippen molar-refractivity contribution < 1.29 is 14.3 Å². The molecule has 1 heterocycles. The number of hydrogen-bond donors (Lipinski definition) is 1. The molecule has 1 N–H and O–H groups in total. The predicted molar refractivity (Wildman–Crippen MR) is 116 cm³/mol. The van der Waals surface area contributed by atoms with Gasteiger partial charge in [0.15, 0.2) is 0 Å². The summed E-state index contributed by atoms with van der Waals surface area (Å²) in [6.07, 6.45) is 0.391. The zero-order chi connectivity index (χ0) is 21.7. The number of hydrogen-bond acceptors (Lipinski definition) is 5. The zero-order valence-corrected chi connectivity index (χ0v) is 17.5. The summed E-state index contributed by atoms with van der Waals surface area (Å²) in [5.74, 6) is 0.711. The van der Waals surface area contributed by atoms with Gasteiger partial charge in [-0.25, -0.2) is 4.68 Å². The van der Waals surface area contributed by atoms with Crippen LogP contribution in [0.15, 0.2) is 59.4 Å². The Labute approximate surface area is 175 Å². The summed E-state index contributed by atoms with van der Waals surface area (Å²) >= 11 is 0. The molecule has 1 atom stereocenters. The van der Waals surface area contributed by atoms with Crippen LogP contribution in [0.25, 0.3) is 11.3 Å². The predicted octanol–water partition coefficient (Wildman–Crippen LogP) is 3.83. The van der Waals surface area contributed by atoms with Crippen LogP contribution in [0, 0.1) is 6.92 Å². The van der Waals surface area contributed by atoms with E-state index in [9.17, 15) is 9.59 Å². The van der Waals surface area contributed by atoms with Gasteiger partial charge in [-0.1, -0.05) is 36.8 Å². The minimum absolute atomic E-state index is 0.342. The monoisotopic (exact) mass is 407 g/mol. The maximum absolute atomic E-state index is 13.0. The lowest BCUT2D eigenvalue weighted by Crippen LogP contribution is -2.34. The van der Waals surface area contributed by atoms with Gasteiger partial charge in [0.2, 0.25) is 5.91 Å². The smallest absolute Gasteiger partial charge is 0.267 e. The zero-order valence-electron chi connectivity index (χ0n) is 17.5. The first-order valence-corrected chi connectivity index (χ1v) is 9.66. The van der Waals surface area contributed by atoms with E-state index in [1.54, 1.807) is 31.4 Å². The van der Waals surface area contributed by atoms with Gasteiger partial charge in [-0.3, -0.25) is 9.59 Å². The van der Waals surface area contributed by atoms with Crippen LogP contribution in [0.4, 0.5) is 5.69 Å². The Kier molecular flexibility index (Phi) is 6.51. The third-order valence-electron chi connectivity index (χ3n) is 4.82. The van der Waals surface area contributed by atoms with Gasteiger partial charge in [-0.05, 0) is 31.5 Å². The first-order valence-electron chi connectivity index (χ1n) is 9.66. The highest BCUT2D eigenvalue weighted by atomic mass is 16.5. The number of aryl methyl sites for hydroxylation is 1. The minimum Gasteiger partial charge on any atom is -0.497 e. The Morgan fingerprint density at radius 3 is 2.43 bits per heavy atom. The van der Waals surface area contributed by atoms with Crippen LogP contribution in [-0.2, 0) is 4.79 Å². The second-order valence-electron chi connectivity index (χ2n) is 6.85. The summed E-state index contributed by atoms with van der Waals surface area (Å²) in [5, 5.41) is 7.31. The average Bonchev–Trinajstić information content (AvgIpc) is 2.76. The van der Waals surface area contributed by atoms with Crippen LogP contribution < -0.4 is 20.3 Å². The highest BCUT2D eigenvalue weighted by Crippen LogP contribution is 2.29. The molecule has 1 amide bonds. The van der Waals surface area contributed by atoms with Gasteiger partial charge in [0.05, 0.1) is 25.6 Å². The number of nitrogens with zero attached hydrogens (tertiary/aromatic N) is 2. The lowest BCUT2D eigenvalue weighted by molar-refractivity contribution is -0.119. The van der Waals surface area contributed by atoms with Crippen LogP contribution in [-0.4, -0.2) is 29.9 Å². The average molecular weight is 407 g/mol. The number of amides is 1. The number of anilines is 1. The normalized spacial score (nSPS) is 11.6. The standard InChI is InChI=1S/C23H25N3O4/c1-5-20(23(28)24-19-14-17(29-3)10-12-21(19)30-4)26-22(27)13-11-18(25-26)16-8-6-15(2)7-9-16/h6-14,20H,5H2,1-4H3,(H,24,28)/t20-/m1/s1. The second-order valence-corrected chi connectivity index (χ2v) is 6.85. The molecule has 0 saturated heterocycles. The number of methoxy groups -OCH3 is 2. The molecule has 7 nitrogen and oxygen atoms in total. The third-order valence-corrected chi connectivity index (χ3v) is 4.82. The molecule has 3 aromatic rings. The van der Waals surface area contributed by atoms with Crippen LogP contribution >= 0.6 is 0 Å². The molecule has 7 heteroatoms. The van der Waals surface area contributed by atoms with E-state index in [-0.39, 0.29) is 11.5 Å². The number of nitrogens with one attached hydrogen (secondary N) is 1. The number of carbonyl (C=O) groups excluding carboxylic acids is 1. The minimum atomic E-state index is -0.779. The topological polar surface area (TPSA) is 82.4 Å². The van der Waals surface area contributed by atoms with Crippen molar-refractivity contribution in [3.8, 4) is 22.8 Å². The molecule has 30 heavy (non-hydrogen) atoms. The molecule has 1 aromatic heterocycles. The van der Waals surface area contributed by atoms with Gasteiger partial charge < -0.3 is 14.8 Å². The molecule has 0 fully saturated rings. The number of carbonyl (C=O) groups is 1. The van der Waals surface area contributed by atoms with Crippen LogP contribution in [0.5, 0.6) is 11.5 Å². The Hall–Kier alpha value is -3.61. The number of rotatable bonds is 7. The van der Waals surface area contributed by atoms with Crippen molar-refractivity contribution in [1.82, 2.24) is 9.78 Å². The molecule has 2 aromatic carbocycles. The van der Waals surface area contributed by atoms with E-state index in [1.807, 2.05) is 38.1 Å². The Balaban J connectivity index is 1.94. The van der Waals surface area contributed by atoms with Gasteiger partial charge in [0.25, 0.3) is 5.56 Å². The SMILES string of the molecule is CC[C@H](C(=O)Nc1cc(OC)ccc1OC)n1nc(-c2ccc(C)cc2)ccc1=O. The van der Waals surface area contributed by atoms with E-state index in [2.05, 4.69) is 10.4 Å². The van der Waals surface area contributed by atoms with E-state index in [0.717, 1.165) is 11.1 Å². The van der Waals surface area contributed by atoms with Gasteiger partial charge in [0, 0.05) is 17.7 Å². The molecule has 0 aliphatic heterocycles. The third kappa shape index (κ3) is 4.51. The summed E-state index contributed by atoms with van der Waals surface area (Å²) in [4.78, 5) is 25.6. The fraction of sp³-hybridized carbons (Fsp3) is 0.261. The summed E-state index contributed by atoms with van der Waals surface area (Å²) in [6, 6.07) is 15.3. The fourth-order valence-electron chi connectivity index (χ4n) is 3.12.